The van der Waals surface area contributed by atoms with Crippen LogP contribution in [0.3, 0.4) is 0 Å². The van der Waals surface area contributed by atoms with Gasteiger partial charge < -0.3 is 15.0 Å². The fourth-order valence-corrected chi connectivity index (χ4v) is 3.82. The van der Waals surface area contributed by atoms with Crippen LogP contribution in [-0.4, -0.2) is 22.6 Å². The van der Waals surface area contributed by atoms with Crippen molar-refractivity contribution in [2.75, 3.05) is 7.11 Å². The maximum Gasteiger partial charge on any atom is 0.262 e. The number of fused-ring (bicyclic) bond motifs is 1. The Hall–Kier alpha value is -3.42. The third-order valence-electron chi connectivity index (χ3n) is 5.13. The van der Waals surface area contributed by atoms with Crippen molar-refractivity contribution >= 4 is 40.6 Å². The van der Waals surface area contributed by atoms with E-state index in [1.165, 1.54) is 4.57 Å². The molecular formula is C24H20ClN3O3S. The summed E-state index contributed by atoms with van der Waals surface area (Å²) in [5.74, 6) is 0.444. The van der Waals surface area contributed by atoms with Gasteiger partial charge in [-0.05, 0) is 54.2 Å². The number of H-pyrrole nitrogens is 1. The van der Waals surface area contributed by atoms with Crippen molar-refractivity contribution in [1.29, 1.82) is 0 Å². The van der Waals surface area contributed by atoms with Crippen LogP contribution in [-0.2, 0) is 13.1 Å². The number of hydrogen-bond donors (Lipinski definition) is 2. The Morgan fingerprint density at radius 3 is 2.62 bits per heavy atom. The maximum absolute atomic E-state index is 13.0. The van der Waals surface area contributed by atoms with E-state index in [2.05, 4.69) is 10.3 Å². The fraction of sp³-hybridized carbons (Fsp3) is 0.125. The molecule has 32 heavy (non-hydrogen) atoms. The average molecular weight is 466 g/mol. The normalized spacial score (nSPS) is 10.8. The minimum absolute atomic E-state index is 0.223. The van der Waals surface area contributed by atoms with Crippen LogP contribution in [0.25, 0.3) is 10.9 Å². The number of para-hydroxylation sites is 1. The van der Waals surface area contributed by atoms with Crippen LogP contribution in [0.1, 0.15) is 21.5 Å². The Bertz CT molecular complexity index is 1410. The maximum atomic E-state index is 13.0. The Morgan fingerprint density at radius 2 is 1.88 bits per heavy atom. The quantitative estimate of drug-likeness (QED) is 0.405. The Balaban J connectivity index is 1.59. The molecule has 0 bridgehead atoms. The zero-order valence-electron chi connectivity index (χ0n) is 17.2. The molecule has 0 saturated carbocycles. The number of nitrogens with zero attached hydrogens (tertiary/aromatic N) is 1. The van der Waals surface area contributed by atoms with Crippen molar-refractivity contribution in [2.45, 2.75) is 13.1 Å². The fourth-order valence-electron chi connectivity index (χ4n) is 3.44. The van der Waals surface area contributed by atoms with E-state index in [1.807, 2.05) is 36.4 Å². The Labute approximate surface area is 194 Å². The molecule has 2 N–H and O–H groups in total. The third-order valence-corrected chi connectivity index (χ3v) is 5.70. The summed E-state index contributed by atoms with van der Waals surface area (Å²) >= 11 is 11.3. The second kappa shape index (κ2) is 9.38. The first-order valence-corrected chi connectivity index (χ1v) is 10.7. The van der Waals surface area contributed by atoms with Crippen LogP contribution in [0.4, 0.5) is 0 Å². The number of rotatable bonds is 6. The molecule has 4 aromatic rings. The summed E-state index contributed by atoms with van der Waals surface area (Å²) < 4.78 is 7.09. The average Bonchev–Trinajstić information content (AvgIpc) is 2.81. The number of halogens is 1. The largest absolute Gasteiger partial charge is 0.496 e. The van der Waals surface area contributed by atoms with Gasteiger partial charge >= 0.3 is 0 Å². The molecule has 1 amide bonds. The van der Waals surface area contributed by atoms with Crippen LogP contribution in [0.15, 0.2) is 71.5 Å². The standard InChI is InChI=1S/C24H20ClN3O3S/c1-31-21-5-3-2-4-17(21)13-26-22(29)16-8-11-19-20(12-16)27-24(32)28(23(19)30)14-15-6-9-18(25)10-7-15/h2-12H,13-14H2,1H3,(H,26,29)(H,27,32). The topological polar surface area (TPSA) is 76.1 Å². The van der Waals surface area contributed by atoms with Gasteiger partial charge in [0, 0.05) is 22.7 Å². The molecule has 162 valence electrons. The number of nitrogens with one attached hydrogen (secondary N) is 2. The van der Waals surface area contributed by atoms with E-state index in [9.17, 15) is 9.59 Å². The van der Waals surface area contributed by atoms with E-state index in [4.69, 9.17) is 28.6 Å². The molecule has 3 aromatic carbocycles. The molecule has 0 spiro atoms. The van der Waals surface area contributed by atoms with Crippen molar-refractivity contribution in [2.24, 2.45) is 0 Å². The first-order valence-electron chi connectivity index (χ1n) is 9.87. The summed E-state index contributed by atoms with van der Waals surface area (Å²) in [4.78, 5) is 28.8. The summed E-state index contributed by atoms with van der Waals surface area (Å²) in [6.07, 6.45) is 0. The first-order chi connectivity index (χ1) is 15.5. The van der Waals surface area contributed by atoms with Crippen molar-refractivity contribution in [3.63, 3.8) is 0 Å². The zero-order valence-corrected chi connectivity index (χ0v) is 18.8. The SMILES string of the molecule is COc1ccccc1CNC(=O)c1ccc2c(=O)n(Cc3ccc(Cl)cc3)c(=S)[nH]c2c1. The number of ether oxygens (including phenoxy) is 1. The number of aromatic amines is 1. The zero-order chi connectivity index (χ0) is 22.7. The van der Waals surface area contributed by atoms with Crippen molar-refractivity contribution in [1.82, 2.24) is 14.9 Å². The number of methoxy groups -OCH3 is 1. The molecule has 8 heteroatoms. The summed E-state index contributed by atoms with van der Waals surface area (Å²) in [5.41, 5.74) is 2.49. The van der Waals surface area contributed by atoms with E-state index in [-0.39, 0.29) is 16.2 Å². The molecule has 0 fully saturated rings. The van der Waals surface area contributed by atoms with Crippen molar-refractivity contribution < 1.29 is 9.53 Å². The smallest absolute Gasteiger partial charge is 0.262 e. The molecule has 0 radical (unpaired) electrons. The van der Waals surface area contributed by atoms with Gasteiger partial charge in [-0.25, -0.2) is 0 Å². The molecule has 6 nitrogen and oxygen atoms in total. The van der Waals surface area contributed by atoms with E-state index in [1.54, 1.807) is 37.4 Å². The van der Waals surface area contributed by atoms with Gasteiger partial charge in [0.05, 0.1) is 24.6 Å². The van der Waals surface area contributed by atoms with Crippen LogP contribution >= 0.6 is 23.8 Å². The summed E-state index contributed by atoms with van der Waals surface area (Å²) in [5, 5.41) is 3.96. The highest BCUT2D eigenvalue weighted by Gasteiger charge is 2.12. The number of aromatic nitrogens is 2. The van der Waals surface area contributed by atoms with E-state index in [0.29, 0.717) is 40.3 Å². The second-order valence-electron chi connectivity index (χ2n) is 7.20. The lowest BCUT2D eigenvalue weighted by atomic mass is 10.1. The molecule has 0 saturated heterocycles. The lowest BCUT2D eigenvalue weighted by Gasteiger charge is -2.11. The van der Waals surface area contributed by atoms with Gasteiger partial charge in [0.15, 0.2) is 4.77 Å². The third kappa shape index (κ3) is 4.59. The molecule has 0 aliphatic heterocycles. The number of benzene rings is 3. The molecule has 1 aromatic heterocycles. The lowest BCUT2D eigenvalue weighted by molar-refractivity contribution is 0.0951. The Morgan fingerprint density at radius 1 is 1.12 bits per heavy atom. The Kier molecular flexibility index (Phi) is 6.39. The predicted molar refractivity (Wildman–Crippen MR) is 128 cm³/mol. The lowest BCUT2D eigenvalue weighted by Crippen LogP contribution is -2.25. The van der Waals surface area contributed by atoms with Gasteiger partial charge in [-0.3, -0.25) is 14.2 Å². The number of carbonyl (C=O) groups is 1. The van der Waals surface area contributed by atoms with E-state index < -0.39 is 0 Å². The van der Waals surface area contributed by atoms with Gasteiger partial charge in [-0.1, -0.05) is 41.9 Å². The van der Waals surface area contributed by atoms with E-state index >= 15 is 0 Å². The molecule has 4 rings (SSSR count). The van der Waals surface area contributed by atoms with Crippen molar-refractivity contribution in [3.05, 3.63) is 104 Å². The summed E-state index contributed by atoms with van der Waals surface area (Å²) in [6, 6.07) is 19.6. The molecule has 0 aliphatic rings. The van der Waals surface area contributed by atoms with Gasteiger partial charge in [-0.2, -0.15) is 0 Å². The minimum Gasteiger partial charge on any atom is -0.496 e. The number of amides is 1. The van der Waals surface area contributed by atoms with Crippen molar-refractivity contribution in [3.8, 4) is 5.75 Å². The van der Waals surface area contributed by atoms with Crippen LogP contribution < -0.4 is 15.6 Å². The van der Waals surface area contributed by atoms with Gasteiger partial charge in [0.25, 0.3) is 11.5 Å². The van der Waals surface area contributed by atoms with Crippen LogP contribution in [0.5, 0.6) is 5.75 Å². The molecular weight excluding hydrogens is 446 g/mol. The minimum atomic E-state index is -0.262. The highest BCUT2D eigenvalue weighted by Crippen LogP contribution is 2.17. The summed E-state index contributed by atoms with van der Waals surface area (Å²) in [6.45, 7) is 0.641. The molecule has 0 atom stereocenters. The van der Waals surface area contributed by atoms with E-state index in [0.717, 1.165) is 11.1 Å². The predicted octanol–water partition coefficient (Wildman–Crippen LogP) is 4.70. The number of hydrogen-bond acceptors (Lipinski definition) is 4. The second-order valence-corrected chi connectivity index (χ2v) is 8.03. The monoisotopic (exact) mass is 465 g/mol. The van der Waals surface area contributed by atoms with Gasteiger partial charge in [-0.15, -0.1) is 0 Å². The number of carbonyl (C=O) groups excluding carboxylic acids is 1. The highest BCUT2D eigenvalue weighted by atomic mass is 35.5. The first kappa shape index (κ1) is 21.8. The summed E-state index contributed by atoms with van der Waals surface area (Å²) in [7, 11) is 1.59. The molecule has 1 heterocycles. The van der Waals surface area contributed by atoms with Crippen LogP contribution in [0, 0.1) is 4.77 Å². The van der Waals surface area contributed by atoms with Gasteiger partial charge in [0.2, 0.25) is 0 Å². The molecule has 0 aliphatic carbocycles. The highest BCUT2D eigenvalue weighted by molar-refractivity contribution is 7.71. The van der Waals surface area contributed by atoms with Gasteiger partial charge in [0.1, 0.15) is 5.75 Å². The van der Waals surface area contributed by atoms with Crippen LogP contribution in [0.2, 0.25) is 5.02 Å². The molecule has 0 unspecified atom stereocenters.